The van der Waals surface area contributed by atoms with Crippen LogP contribution in [0.3, 0.4) is 0 Å². The van der Waals surface area contributed by atoms with E-state index in [9.17, 15) is 9.13 Å². The Morgan fingerprint density at radius 3 is 1.33 bits per heavy atom. The summed E-state index contributed by atoms with van der Waals surface area (Å²) in [6.07, 6.45) is 0.962. The van der Waals surface area contributed by atoms with E-state index in [0.29, 0.717) is 24.5 Å². The Morgan fingerprint density at radius 2 is 1.03 bits per heavy atom. The van der Waals surface area contributed by atoms with Crippen molar-refractivity contribution in [1.82, 2.24) is 30.4 Å². The molecule has 16 heteroatoms. The Morgan fingerprint density at radius 1 is 0.700 bits per heavy atom. The van der Waals surface area contributed by atoms with Gasteiger partial charge in [0, 0.05) is 35.6 Å². The highest BCUT2D eigenvalue weighted by Crippen LogP contribution is 2.63. The fourth-order valence-corrected chi connectivity index (χ4v) is 8.20. The van der Waals surface area contributed by atoms with Gasteiger partial charge in [0.1, 0.15) is 11.6 Å². The molecule has 0 fully saturated rings. The standard InChI is InChI=1S/C14H26N6O6P2S2/c1-5-23-27(21,24-6-2)29-13-15-11(17-19-13)9-10-12-16-14(20-18-12)30-28(22,25-7-3)26-8-4/h5-10H2,1-4H3,(H,15,17,19)(H,16,18,20). The van der Waals surface area contributed by atoms with Gasteiger partial charge in [0.2, 0.25) is 10.3 Å². The van der Waals surface area contributed by atoms with E-state index < -0.39 is 13.6 Å². The van der Waals surface area contributed by atoms with Crippen molar-refractivity contribution in [1.29, 1.82) is 0 Å². The first-order chi connectivity index (χ1) is 14.3. The van der Waals surface area contributed by atoms with Crippen molar-refractivity contribution in [2.45, 2.75) is 50.8 Å². The summed E-state index contributed by atoms with van der Waals surface area (Å²) < 4.78 is 46.0. The molecule has 0 aliphatic heterocycles. The molecule has 0 bridgehead atoms. The lowest BCUT2D eigenvalue weighted by Crippen LogP contribution is -1.96. The van der Waals surface area contributed by atoms with Gasteiger partial charge in [0.15, 0.2) is 0 Å². The molecule has 30 heavy (non-hydrogen) atoms. The summed E-state index contributed by atoms with van der Waals surface area (Å²) in [5.41, 5.74) is 0. The van der Waals surface area contributed by atoms with Crippen molar-refractivity contribution < 1.29 is 27.2 Å². The second-order valence-corrected chi connectivity index (χ2v) is 13.1. The molecule has 0 saturated carbocycles. The van der Waals surface area contributed by atoms with Gasteiger partial charge in [0.25, 0.3) is 0 Å². The predicted octanol–water partition coefficient (Wildman–Crippen LogP) is 4.25. The summed E-state index contributed by atoms with van der Waals surface area (Å²) in [5, 5.41) is 14.2. The minimum atomic E-state index is -3.34. The second-order valence-electron chi connectivity index (χ2n) is 5.38. The van der Waals surface area contributed by atoms with E-state index in [0.717, 1.165) is 22.8 Å². The first-order valence-electron chi connectivity index (χ1n) is 9.35. The van der Waals surface area contributed by atoms with Crippen molar-refractivity contribution in [2.75, 3.05) is 26.4 Å². The fourth-order valence-electron chi connectivity index (χ4n) is 2.11. The molecular weight excluding hydrogens is 474 g/mol. The van der Waals surface area contributed by atoms with Gasteiger partial charge in [0.05, 0.1) is 26.4 Å². The quantitative estimate of drug-likeness (QED) is 0.336. The molecule has 170 valence electrons. The van der Waals surface area contributed by atoms with Crippen LogP contribution in [-0.2, 0) is 40.1 Å². The predicted molar refractivity (Wildman–Crippen MR) is 114 cm³/mol. The molecule has 0 radical (unpaired) electrons. The van der Waals surface area contributed by atoms with Crippen LogP contribution in [-0.4, -0.2) is 56.8 Å². The van der Waals surface area contributed by atoms with Crippen molar-refractivity contribution in [3.05, 3.63) is 11.6 Å². The highest BCUT2D eigenvalue weighted by atomic mass is 32.7. The van der Waals surface area contributed by atoms with Gasteiger partial charge in [-0.1, -0.05) is 0 Å². The average Bonchev–Trinajstić information content (AvgIpc) is 3.29. The zero-order valence-electron chi connectivity index (χ0n) is 17.2. The summed E-state index contributed by atoms with van der Waals surface area (Å²) in [6.45, 7) is 1.29. The van der Waals surface area contributed by atoms with Crippen molar-refractivity contribution in [2.24, 2.45) is 0 Å². The molecule has 12 nitrogen and oxygen atoms in total. The SMILES string of the molecule is CCOP(=O)(OCC)Sc1n[nH]c(CCc2nc(SP(=O)(OCC)OCC)n[nH]2)n1. The molecular formula is C14H26N6O6P2S2. The number of nitrogens with one attached hydrogen (secondary N) is 2. The maximum atomic E-state index is 12.5. The van der Waals surface area contributed by atoms with Gasteiger partial charge in [-0.05, 0) is 27.7 Å². The number of hydrogen-bond acceptors (Lipinski definition) is 12. The van der Waals surface area contributed by atoms with E-state index in [1.54, 1.807) is 27.7 Å². The molecule has 2 aromatic heterocycles. The molecule has 0 aromatic carbocycles. The lowest BCUT2D eigenvalue weighted by molar-refractivity contribution is 0.236. The summed E-state index contributed by atoms with van der Waals surface area (Å²) in [5.74, 6) is 1.16. The summed E-state index contributed by atoms with van der Waals surface area (Å²) in [6, 6.07) is 0. The molecule has 0 aliphatic carbocycles. The van der Waals surface area contributed by atoms with Gasteiger partial charge < -0.3 is 18.1 Å². The van der Waals surface area contributed by atoms with Crippen molar-refractivity contribution >= 4 is 36.4 Å². The van der Waals surface area contributed by atoms with Crippen LogP contribution in [0.1, 0.15) is 39.3 Å². The van der Waals surface area contributed by atoms with E-state index >= 15 is 0 Å². The van der Waals surface area contributed by atoms with E-state index in [2.05, 4.69) is 30.4 Å². The second kappa shape index (κ2) is 12.4. The van der Waals surface area contributed by atoms with Crippen LogP contribution in [0.2, 0.25) is 0 Å². The third-order valence-electron chi connectivity index (χ3n) is 3.16. The molecule has 0 amide bonds. The zero-order valence-corrected chi connectivity index (χ0v) is 20.6. The number of aromatic amines is 2. The largest absolute Gasteiger partial charge is 0.396 e. The number of H-pyrrole nitrogens is 2. The van der Waals surface area contributed by atoms with Gasteiger partial charge in [-0.15, -0.1) is 10.2 Å². The monoisotopic (exact) mass is 500 g/mol. The van der Waals surface area contributed by atoms with Gasteiger partial charge in [-0.25, -0.2) is 19.1 Å². The van der Waals surface area contributed by atoms with Crippen LogP contribution < -0.4 is 0 Å². The number of rotatable bonds is 15. The molecule has 0 atom stereocenters. The van der Waals surface area contributed by atoms with Crippen LogP contribution >= 0.6 is 36.4 Å². The Labute approximate surface area is 182 Å². The highest BCUT2D eigenvalue weighted by molar-refractivity contribution is 8.55. The number of hydrogen-bond donors (Lipinski definition) is 2. The van der Waals surface area contributed by atoms with Crippen LogP contribution in [0.15, 0.2) is 10.3 Å². The molecule has 2 N–H and O–H groups in total. The molecule has 0 saturated heterocycles. The van der Waals surface area contributed by atoms with E-state index in [-0.39, 0.29) is 36.7 Å². The van der Waals surface area contributed by atoms with Gasteiger partial charge >= 0.3 is 13.6 Å². The Bertz CT molecular complexity index is 790. The summed E-state index contributed by atoms with van der Waals surface area (Å²) in [7, 11) is 0. The topological polar surface area (TPSA) is 154 Å². The summed E-state index contributed by atoms with van der Waals surface area (Å²) in [4.78, 5) is 8.60. The van der Waals surface area contributed by atoms with Crippen LogP contribution in [0.25, 0.3) is 0 Å². The van der Waals surface area contributed by atoms with Crippen LogP contribution in [0.5, 0.6) is 0 Å². The molecule has 2 aromatic rings. The number of aryl methyl sites for hydroxylation is 2. The fraction of sp³-hybridized carbons (Fsp3) is 0.714. The molecule has 2 heterocycles. The van der Waals surface area contributed by atoms with E-state index in [1.165, 1.54) is 0 Å². The third-order valence-corrected chi connectivity index (χ3v) is 10.2. The zero-order chi connectivity index (χ0) is 22.0. The van der Waals surface area contributed by atoms with Crippen molar-refractivity contribution in [3.8, 4) is 0 Å². The average molecular weight is 500 g/mol. The normalized spacial score (nSPS) is 12.5. The number of nitrogens with zero attached hydrogens (tertiary/aromatic N) is 4. The van der Waals surface area contributed by atoms with Crippen molar-refractivity contribution in [3.63, 3.8) is 0 Å². The van der Waals surface area contributed by atoms with Crippen LogP contribution in [0.4, 0.5) is 0 Å². The maximum absolute atomic E-state index is 12.5. The van der Waals surface area contributed by atoms with E-state index in [4.69, 9.17) is 18.1 Å². The number of aromatic nitrogens is 6. The molecule has 0 spiro atoms. The smallest absolute Gasteiger partial charge is 0.301 e. The van der Waals surface area contributed by atoms with E-state index in [1.807, 2.05) is 0 Å². The third kappa shape index (κ3) is 8.08. The summed E-state index contributed by atoms with van der Waals surface area (Å²) >= 11 is 1.72. The Hall–Kier alpha value is -0.720. The van der Waals surface area contributed by atoms with Crippen LogP contribution in [0, 0.1) is 0 Å². The molecule has 0 unspecified atom stereocenters. The Kier molecular flexibility index (Phi) is 10.5. The van der Waals surface area contributed by atoms with Gasteiger partial charge in [-0.3, -0.25) is 10.2 Å². The maximum Gasteiger partial charge on any atom is 0.396 e. The first-order valence-corrected chi connectivity index (χ1v) is 15.3. The lowest BCUT2D eigenvalue weighted by Gasteiger charge is -2.13. The molecule has 2 rings (SSSR count). The lowest BCUT2D eigenvalue weighted by atomic mass is 10.3. The minimum absolute atomic E-state index is 0.257. The minimum Gasteiger partial charge on any atom is -0.301 e. The Balaban J connectivity index is 1.93. The highest BCUT2D eigenvalue weighted by Gasteiger charge is 2.29. The van der Waals surface area contributed by atoms with Gasteiger partial charge in [-0.2, -0.15) is 0 Å². The first kappa shape index (κ1) is 25.5. The molecule has 0 aliphatic rings.